The van der Waals surface area contributed by atoms with Crippen LogP contribution in [-0.2, 0) is 18.5 Å². The van der Waals surface area contributed by atoms with Gasteiger partial charge in [-0.2, -0.15) is 18.4 Å². The van der Waals surface area contributed by atoms with Gasteiger partial charge in [0.05, 0.1) is 41.3 Å². The van der Waals surface area contributed by atoms with E-state index in [0.29, 0.717) is 35.5 Å². The van der Waals surface area contributed by atoms with E-state index < -0.39 is 18.1 Å². The van der Waals surface area contributed by atoms with Crippen molar-refractivity contribution < 1.29 is 13.2 Å². The number of likely N-dealkylation sites (tertiary alicyclic amines) is 2. The number of nitrogens with zero attached hydrogens (tertiary/aromatic N) is 5. The maximum atomic E-state index is 13.6. The number of pyridine rings is 1. The van der Waals surface area contributed by atoms with E-state index >= 15 is 0 Å². The van der Waals surface area contributed by atoms with Crippen LogP contribution in [0, 0.1) is 23.2 Å². The van der Waals surface area contributed by atoms with Crippen LogP contribution in [0.3, 0.4) is 0 Å². The largest absolute Gasteiger partial charge is 0.406 e. The van der Waals surface area contributed by atoms with Gasteiger partial charge in [-0.05, 0) is 101 Å². The van der Waals surface area contributed by atoms with E-state index in [0.717, 1.165) is 68.5 Å². The number of alkyl halides is 3. The molecule has 2 aliphatic rings. The molecule has 43 heavy (non-hydrogen) atoms. The Kier molecular flexibility index (Phi) is 9.31. The second kappa shape index (κ2) is 13.0. The van der Waals surface area contributed by atoms with E-state index in [4.69, 9.17) is 5.73 Å². The molecule has 10 heteroatoms. The molecule has 0 saturated carbocycles. The highest BCUT2D eigenvalue weighted by molar-refractivity contribution is 5.86. The number of anilines is 1. The summed E-state index contributed by atoms with van der Waals surface area (Å²) < 4.78 is 42.2. The Morgan fingerprint density at radius 3 is 2.44 bits per heavy atom. The first-order valence-corrected chi connectivity index (χ1v) is 15.0. The van der Waals surface area contributed by atoms with Gasteiger partial charge >= 0.3 is 6.18 Å². The number of nitrogens with two attached hydrogens (primary N) is 1. The minimum atomic E-state index is -4.37. The molecule has 0 bridgehead atoms. The number of fused-ring (bicyclic) bond motifs is 1. The maximum absolute atomic E-state index is 13.6. The Bertz CT molecular complexity index is 1490. The van der Waals surface area contributed by atoms with Crippen LogP contribution in [0.5, 0.6) is 0 Å². The molecule has 0 aliphatic carbocycles. The number of hydrogen-bond donors (Lipinski definition) is 2. The Hall–Kier alpha value is -3.57. The Morgan fingerprint density at radius 1 is 1.05 bits per heavy atom. The highest BCUT2D eigenvalue weighted by atomic mass is 19.4. The number of rotatable bonds is 7. The van der Waals surface area contributed by atoms with E-state index in [2.05, 4.69) is 38.0 Å². The zero-order chi connectivity index (χ0) is 30.6. The van der Waals surface area contributed by atoms with E-state index in [1.807, 2.05) is 18.2 Å². The number of piperidine rings is 2. The summed E-state index contributed by atoms with van der Waals surface area (Å²) in [7, 11) is 0. The first kappa shape index (κ1) is 30.9. The molecular formula is C33H40F3N7. The SMILES string of the molecule is CC(C)(C#N)c1ccc(NCC#Cc2cc3c(CN4CCC(N5CCC(N)CC5)CC4)cccc3n2CC(F)(F)F)cn1. The standard InChI is InChI=1S/C33H40F3N7/c1-32(2,22-37)31-9-8-26(20-40-31)39-14-4-6-28-19-29-24(5-3-7-30(29)43(28)23-33(34,35)36)21-41-15-12-27(13-16-41)42-17-10-25(38)11-18-42/h3,5,7-9,19-20,25,27,39H,10-18,21,23,38H2,1-2H3. The van der Waals surface area contributed by atoms with Crippen molar-refractivity contribution in [3.8, 4) is 17.9 Å². The molecule has 5 rings (SSSR count). The lowest BCUT2D eigenvalue weighted by Crippen LogP contribution is -2.49. The lowest BCUT2D eigenvalue weighted by atomic mass is 9.91. The summed E-state index contributed by atoms with van der Waals surface area (Å²) in [5.74, 6) is 5.96. The molecule has 3 N–H and O–H groups in total. The summed E-state index contributed by atoms with van der Waals surface area (Å²) in [6.45, 7) is 7.52. The topological polar surface area (TPSA) is 86.1 Å². The van der Waals surface area contributed by atoms with E-state index in [9.17, 15) is 18.4 Å². The molecule has 7 nitrogen and oxygen atoms in total. The highest BCUT2D eigenvalue weighted by Crippen LogP contribution is 2.29. The molecule has 0 amide bonds. The van der Waals surface area contributed by atoms with Crippen LogP contribution < -0.4 is 11.1 Å². The van der Waals surface area contributed by atoms with Crippen LogP contribution in [0.4, 0.5) is 18.9 Å². The molecule has 0 spiro atoms. The molecular weight excluding hydrogens is 551 g/mol. The van der Waals surface area contributed by atoms with E-state index in [-0.39, 0.29) is 6.54 Å². The van der Waals surface area contributed by atoms with Gasteiger partial charge in [0, 0.05) is 29.5 Å². The summed E-state index contributed by atoms with van der Waals surface area (Å²) in [5, 5.41) is 13.3. The predicted molar refractivity (Wildman–Crippen MR) is 163 cm³/mol. The van der Waals surface area contributed by atoms with E-state index in [1.54, 1.807) is 38.2 Å². The molecule has 4 heterocycles. The third-order valence-corrected chi connectivity index (χ3v) is 8.70. The Labute approximate surface area is 251 Å². The number of benzene rings is 1. The van der Waals surface area contributed by atoms with Gasteiger partial charge in [-0.25, -0.2) is 0 Å². The zero-order valence-corrected chi connectivity index (χ0v) is 24.9. The van der Waals surface area contributed by atoms with Gasteiger partial charge in [0.25, 0.3) is 0 Å². The number of hydrogen-bond acceptors (Lipinski definition) is 6. The van der Waals surface area contributed by atoms with Gasteiger partial charge in [-0.15, -0.1) is 0 Å². The number of aromatic nitrogens is 2. The van der Waals surface area contributed by atoms with Gasteiger partial charge < -0.3 is 20.5 Å². The Balaban J connectivity index is 1.28. The van der Waals surface area contributed by atoms with Gasteiger partial charge in [-0.1, -0.05) is 18.1 Å². The van der Waals surface area contributed by atoms with Crippen LogP contribution in [0.1, 0.15) is 56.5 Å². The fourth-order valence-corrected chi connectivity index (χ4v) is 6.11. The maximum Gasteiger partial charge on any atom is 0.406 e. The molecule has 228 valence electrons. The van der Waals surface area contributed by atoms with Crippen molar-refractivity contribution in [1.82, 2.24) is 19.4 Å². The quantitative estimate of drug-likeness (QED) is 0.365. The van der Waals surface area contributed by atoms with Crippen molar-refractivity contribution in [2.75, 3.05) is 38.0 Å². The summed E-state index contributed by atoms with van der Waals surface area (Å²) in [4.78, 5) is 9.35. The second-order valence-electron chi connectivity index (χ2n) is 12.3. The number of nitriles is 1. The monoisotopic (exact) mass is 591 g/mol. The second-order valence-corrected chi connectivity index (χ2v) is 12.3. The zero-order valence-electron chi connectivity index (χ0n) is 24.9. The van der Waals surface area contributed by atoms with Crippen LogP contribution in [0.25, 0.3) is 10.9 Å². The summed E-state index contributed by atoms with van der Waals surface area (Å²) in [6.07, 6.45) is 1.57. The highest BCUT2D eigenvalue weighted by Gasteiger charge is 2.31. The van der Waals surface area contributed by atoms with Crippen LogP contribution in [0.15, 0.2) is 42.6 Å². The predicted octanol–water partition coefficient (Wildman–Crippen LogP) is 5.25. The smallest absolute Gasteiger partial charge is 0.373 e. The fourth-order valence-electron chi connectivity index (χ4n) is 6.11. The molecule has 1 aromatic carbocycles. The average molecular weight is 592 g/mol. The average Bonchev–Trinajstić information content (AvgIpc) is 3.33. The molecule has 2 fully saturated rings. The van der Waals surface area contributed by atoms with E-state index in [1.165, 1.54) is 4.57 Å². The molecule has 0 unspecified atom stereocenters. The third-order valence-electron chi connectivity index (χ3n) is 8.70. The van der Waals surface area contributed by atoms with Crippen molar-refractivity contribution in [3.63, 3.8) is 0 Å². The van der Waals surface area contributed by atoms with Crippen molar-refractivity contribution in [3.05, 3.63) is 59.5 Å². The molecule has 2 aromatic heterocycles. The molecule has 0 radical (unpaired) electrons. The van der Waals surface area contributed by atoms with Crippen molar-refractivity contribution >= 4 is 16.6 Å². The van der Waals surface area contributed by atoms with Crippen molar-refractivity contribution in [2.24, 2.45) is 5.73 Å². The lowest BCUT2D eigenvalue weighted by molar-refractivity contribution is -0.140. The normalized spacial score (nSPS) is 17.9. The molecule has 2 aliphatic heterocycles. The molecule has 3 aromatic rings. The first-order valence-electron chi connectivity index (χ1n) is 15.0. The molecule has 0 atom stereocenters. The lowest BCUT2D eigenvalue weighted by Gasteiger charge is -2.41. The van der Waals surface area contributed by atoms with Crippen LogP contribution >= 0.6 is 0 Å². The first-order chi connectivity index (χ1) is 20.5. The van der Waals surface area contributed by atoms with Crippen LogP contribution in [0.2, 0.25) is 0 Å². The Morgan fingerprint density at radius 2 is 1.79 bits per heavy atom. The number of halogens is 3. The van der Waals surface area contributed by atoms with Crippen molar-refractivity contribution in [2.45, 2.75) is 76.3 Å². The summed E-state index contributed by atoms with van der Waals surface area (Å²) in [6, 6.07) is 14.1. The number of nitrogens with one attached hydrogen (secondary N) is 1. The minimum Gasteiger partial charge on any atom is -0.373 e. The third kappa shape index (κ3) is 7.69. The summed E-state index contributed by atoms with van der Waals surface area (Å²) in [5.41, 5.74) is 8.68. The van der Waals surface area contributed by atoms with Crippen molar-refractivity contribution in [1.29, 1.82) is 5.26 Å². The van der Waals surface area contributed by atoms with Gasteiger partial charge in [0.15, 0.2) is 0 Å². The van der Waals surface area contributed by atoms with Gasteiger partial charge in [0.1, 0.15) is 6.54 Å². The fraction of sp³-hybridized carbons (Fsp3) is 0.515. The molecule has 2 saturated heterocycles. The summed E-state index contributed by atoms with van der Waals surface area (Å²) >= 11 is 0. The van der Waals surface area contributed by atoms with Crippen LogP contribution in [-0.4, -0.2) is 70.3 Å². The minimum absolute atomic E-state index is 0.237. The van der Waals surface area contributed by atoms with Gasteiger partial charge in [-0.3, -0.25) is 9.88 Å². The van der Waals surface area contributed by atoms with Gasteiger partial charge in [0.2, 0.25) is 0 Å².